The second-order valence-corrected chi connectivity index (χ2v) is 5.05. The number of carbonyl (C=O) groups excluding carboxylic acids is 2. The van der Waals surface area contributed by atoms with E-state index in [4.69, 9.17) is 0 Å². The quantitative estimate of drug-likeness (QED) is 0.867. The third-order valence-corrected chi connectivity index (χ3v) is 3.76. The summed E-state index contributed by atoms with van der Waals surface area (Å²) >= 11 is 0. The van der Waals surface area contributed by atoms with E-state index in [1.54, 1.807) is 0 Å². The number of benzene rings is 1. The van der Waals surface area contributed by atoms with Gasteiger partial charge in [-0.2, -0.15) is 0 Å². The lowest BCUT2D eigenvalue weighted by Crippen LogP contribution is -2.27. The molecule has 4 nitrogen and oxygen atoms in total. The van der Waals surface area contributed by atoms with Crippen LogP contribution >= 0.6 is 0 Å². The van der Waals surface area contributed by atoms with Crippen molar-refractivity contribution in [2.45, 2.75) is 25.7 Å². The summed E-state index contributed by atoms with van der Waals surface area (Å²) in [7, 11) is 0. The maximum Gasteiger partial charge on any atom is 0.227 e. The predicted octanol–water partition coefficient (Wildman–Crippen LogP) is 2.87. The Morgan fingerprint density at radius 2 is 2.00 bits per heavy atom. The minimum Gasteiger partial charge on any atom is -0.359 e. The van der Waals surface area contributed by atoms with Crippen molar-refractivity contribution in [3.63, 3.8) is 0 Å². The minimum atomic E-state index is -0.0390. The van der Waals surface area contributed by atoms with Crippen molar-refractivity contribution in [3.8, 4) is 0 Å². The van der Waals surface area contributed by atoms with Crippen LogP contribution in [0.2, 0.25) is 0 Å². The fraction of sp³-hybridized carbons (Fsp3) is 0.333. The Bertz CT molecular complexity index is 620. The van der Waals surface area contributed by atoms with Crippen LogP contribution in [0, 0.1) is 5.92 Å². The van der Waals surface area contributed by atoms with Gasteiger partial charge in [0.25, 0.3) is 0 Å². The van der Waals surface area contributed by atoms with E-state index in [1.807, 2.05) is 30.5 Å². The number of rotatable bonds is 2. The fourth-order valence-electron chi connectivity index (χ4n) is 2.63. The number of Topliss-reactive ketones (excluding diaryl/α,β-unsaturated/α-hetero) is 1. The van der Waals surface area contributed by atoms with E-state index in [1.165, 1.54) is 0 Å². The fourth-order valence-corrected chi connectivity index (χ4v) is 2.63. The second kappa shape index (κ2) is 4.88. The molecule has 1 aliphatic carbocycles. The van der Waals surface area contributed by atoms with Crippen LogP contribution in [0.15, 0.2) is 30.5 Å². The molecule has 1 amide bonds. The lowest BCUT2D eigenvalue weighted by molar-refractivity contribution is -0.125. The van der Waals surface area contributed by atoms with E-state index in [-0.39, 0.29) is 17.6 Å². The van der Waals surface area contributed by atoms with Gasteiger partial charge in [-0.1, -0.05) is 12.1 Å². The highest BCUT2D eigenvalue weighted by atomic mass is 16.2. The van der Waals surface area contributed by atoms with E-state index in [0.29, 0.717) is 25.7 Å². The van der Waals surface area contributed by atoms with Gasteiger partial charge in [0, 0.05) is 30.3 Å². The number of carbonyl (C=O) groups is 2. The van der Waals surface area contributed by atoms with Crippen molar-refractivity contribution < 1.29 is 9.59 Å². The van der Waals surface area contributed by atoms with Crippen LogP contribution in [0.3, 0.4) is 0 Å². The monoisotopic (exact) mass is 256 g/mol. The Kier molecular flexibility index (Phi) is 3.07. The molecule has 0 radical (unpaired) electrons. The largest absolute Gasteiger partial charge is 0.359 e. The first kappa shape index (κ1) is 12.0. The van der Waals surface area contributed by atoms with Crippen molar-refractivity contribution in [3.05, 3.63) is 30.5 Å². The van der Waals surface area contributed by atoms with Crippen LogP contribution in [0.1, 0.15) is 25.7 Å². The van der Waals surface area contributed by atoms with Crippen LogP contribution in [0.5, 0.6) is 0 Å². The number of H-pyrrole nitrogens is 1. The van der Waals surface area contributed by atoms with E-state index < -0.39 is 0 Å². The molecule has 1 fully saturated rings. The van der Waals surface area contributed by atoms with Gasteiger partial charge in [-0.05, 0) is 25.0 Å². The number of fused-ring (bicyclic) bond motifs is 1. The normalized spacial score (nSPS) is 16.7. The number of aromatic amines is 1. The number of ketones is 1. The number of amides is 1. The van der Waals surface area contributed by atoms with Gasteiger partial charge in [-0.3, -0.25) is 9.59 Å². The highest BCUT2D eigenvalue weighted by molar-refractivity contribution is 6.01. The van der Waals surface area contributed by atoms with Gasteiger partial charge in [0.2, 0.25) is 5.91 Å². The summed E-state index contributed by atoms with van der Waals surface area (Å²) in [5.41, 5.74) is 1.76. The van der Waals surface area contributed by atoms with Crippen molar-refractivity contribution in [2.24, 2.45) is 5.92 Å². The van der Waals surface area contributed by atoms with Crippen molar-refractivity contribution in [1.29, 1.82) is 0 Å². The molecule has 3 rings (SSSR count). The highest BCUT2D eigenvalue weighted by Gasteiger charge is 2.25. The summed E-state index contributed by atoms with van der Waals surface area (Å²) in [6.45, 7) is 0. The average Bonchev–Trinajstić information content (AvgIpc) is 2.89. The average molecular weight is 256 g/mol. The predicted molar refractivity (Wildman–Crippen MR) is 73.9 cm³/mol. The molecule has 98 valence electrons. The van der Waals surface area contributed by atoms with Gasteiger partial charge in [0.05, 0.1) is 11.2 Å². The Morgan fingerprint density at radius 1 is 1.21 bits per heavy atom. The SMILES string of the molecule is O=C1CCC(C(=O)Nc2cccc3cc[nH]c23)CC1. The number of hydrogen-bond donors (Lipinski definition) is 2. The van der Waals surface area contributed by atoms with E-state index >= 15 is 0 Å². The molecule has 2 aromatic rings. The van der Waals surface area contributed by atoms with E-state index in [0.717, 1.165) is 16.6 Å². The molecule has 19 heavy (non-hydrogen) atoms. The van der Waals surface area contributed by atoms with Crippen molar-refractivity contribution >= 4 is 28.3 Å². The summed E-state index contributed by atoms with van der Waals surface area (Å²) in [5, 5.41) is 4.05. The summed E-state index contributed by atoms with van der Waals surface area (Å²) in [6, 6.07) is 7.80. The minimum absolute atomic E-state index is 0.0228. The molecule has 2 N–H and O–H groups in total. The van der Waals surface area contributed by atoms with Gasteiger partial charge < -0.3 is 10.3 Å². The number of nitrogens with one attached hydrogen (secondary N) is 2. The highest BCUT2D eigenvalue weighted by Crippen LogP contribution is 2.26. The van der Waals surface area contributed by atoms with Gasteiger partial charge in [0.15, 0.2) is 0 Å². The lowest BCUT2D eigenvalue weighted by Gasteiger charge is -2.20. The Balaban J connectivity index is 1.76. The topological polar surface area (TPSA) is 62.0 Å². The van der Waals surface area contributed by atoms with Gasteiger partial charge in [-0.25, -0.2) is 0 Å². The van der Waals surface area contributed by atoms with Gasteiger partial charge in [-0.15, -0.1) is 0 Å². The maximum absolute atomic E-state index is 12.2. The number of anilines is 1. The van der Waals surface area contributed by atoms with Crippen LogP contribution in [-0.4, -0.2) is 16.7 Å². The summed E-state index contributed by atoms with van der Waals surface area (Å²) < 4.78 is 0. The lowest BCUT2D eigenvalue weighted by atomic mass is 9.88. The zero-order valence-electron chi connectivity index (χ0n) is 10.6. The maximum atomic E-state index is 12.2. The summed E-state index contributed by atoms with van der Waals surface area (Å²) in [6.07, 6.45) is 4.27. The molecular formula is C15H16N2O2. The molecule has 4 heteroatoms. The van der Waals surface area contributed by atoms with Crippen molar-refractivity contribution in [1.82, 2.24) is 4.98 Å². The Morgan fingerprint density at radius 3 is 2.79 bits per heavy atom. The standard InChI is InChI=1S/C15H16N2O2/c18-12-6-4-11(5-7-12)15(19)17-13-3-1-2-10-8-9-16-14(10)13/h1-3,8-9,11,16H,4-7H2,(H,17,19). The molecule has 1 aromatic carbocycles. The van der Waals surface area contributed by atoms with Crippen LogP contribution < -0.4 is 5.32 Å². The molecule has 0 saturated heterocycles. The smallest absolute Gasteiger partial charge is 0.227 e. The zero-order valence-corrected chi connectivity index (χ0v) is 10.6. The molecule has 0 spiro atoms. The molecule has 0 unspecified atom stereocenters. The molecule has 0 bridgehead atoms. The van der Waals surface area contributed by atoms with Crippen LogP contribution in [0.25, 0.3) is 10.9 Å². The molecule has 1 aromatic heterocycles. The zero-order chi connectivity index (χ0) is 13.2. The molecule has 1 aliphatic rings. The second-order valence-electron chi connectivity index (χ2n) is 5.05. The van der Waals surface area contributed by atoms with Crippen molar-refractivity contribution in [2.75, 3.05) is 5.32 Å². The van der Waals surface area contributed by atoms with Crippen LogP contribution in [0.4, 0.5) is 5.69 Å². The first-order chi connectivity index (χ1) is 9.24. The summed E-state index contributed by atoms with van der Waals surface area (Å²) in [5.74, 6) is 0.257. The Labute approximate surface area is 111 Å². The molecule has 1 saturated carbocycles. The molecule has 1 heterocycles. The summed E-state index contributed by atoms with van der Waals surface area (Å²) in [4.78, 5) is 26.5. The number of hydrogen-bond acceptors (Lipinski definition) is 2. The number of aromatic nitrogens is 1. The third-order valence-electron chi connectivity index (χ3n) is 3.76. The van der Waals surface area contributed by atoms with E-state index in [9.17, 15) is 9.59 Å². The van der Waals surface area contributed by atoms with E-state index in [2.05, 4.69) is 10.3 Å². The number of para-hydroxylation sites is 1. The molecule has 0 aliphatic heterocycles. The third kappa shape index (κ3) is 2.38. The van der Waals surface area contributed by atoms with Gasteiger partial charge >= 0.3 is 0 Å². The first-order valence-corrected chi connectivity index (χ1v) is 6.63. The van der Waals surface area contributed by atoms with Gasteiger partial charge in [0.1, 0.15) is 5.78 Å². The molecule has 0 atom stereocenters. The first-order valence-electron chi connectivity index (χ1n) is 6.63. The van der Waals surface area contributed by atoms with Crippen LogP contribution in [-0.2, 0) is 9.59 Å². The molecular weight excluding hydrogens is 240 g/mol. The Hall–Kier alpha value is -2.10.